The van der Waals surface area contributed by atoms with Gasteiger partial charge in [-0.05, 0) is 53.8 Å². The number of allylic oxidation sites excluding steroid dienone is 1. The largest absolute Gasteiger partial charge is 0.614 e. The minimum atomic E-state index is -2.59. The van der Waals surface area contributed by atoms with E-state index in [1.54, 1.807) is 17.8 Å². The van der Waals surface area contributed by atoms with Crippen molar-refractivity contribution in [3.05, 3.63) is 145 Å². The molecule has 0 spiro atoms. The first-order valence-corrected chi connectivity index (χ1v) is 14.5. The van der Waals surface area contributed by atoms with Crippen molar-refractivity contribution < 1.29 is 9.84 Å². The van der Waals surface area contributed by atoms with Crippen molar-refractivity contribution in [1.82, 2.24) is 20.2 Å². The molecule has 6 nitrogen and oxygen atoms in total. The van der Waals surface area contributed by atoms with E-state index in [-0.39, 0.29) is 6.61 Å². The molecule has 1 unspecified atom stereocenters. The summed E-state index contributed by atoms with van der Waals surface area (Å²) in [6, 6.07) is 41.0. The maximum absolute atomic E-state index is 13.1. The van der Waals surface area contributed by atoms with Gasteiger partial charge in [-0.15, -0.1) is 15.0 Å². The summed E-state index contributed by atoms with van der Waals surface area (Å²) in [4.78, 5) is 1.61. The molecule has 5 aromatic rings. The molecule has 7 heteroatoms. The fraction of sp³-hybridized carbons (Fsp3) is 0.129. The van der Waals surface area contributed by atoms with Gasteiger partial charge >= 0.3 is 0 Å². The molecule has 0 aliphatic rings. The summed E-state index contributed by atoms with van der Waals surface area (Å²) in [7, 11) is -2.59. The highest BCUT2D eigenvalue weighted by atomic mass is 31.2. The van der Waals surface area contributed by atoms with Crippen LogP contribution in [-0.2, 0) is 11.2 Å². The molecule has 1 aromatic heterocycles. The fourth-order valence-corrected chi connectivity index (χ4v) is 9.25. The molecule has 1 heterocycles. The van der Waals surface area contributed by atoms with Crippen LogP contribution in [0.3, 0.4) is 0 Å². The number of hydrogen-bond acceptors (Lipinski definition) is 5. The second kappa shape index (κ2) is 11.8. The van der Waals surface area contributed by atoms with Crippen molar-refractivity contribution in [2.24, 2.45) is 0 Å². The summed E-state index contributed by atoms with van der Waals surface area (Å²) in [6.07, 6.45) is 2.17. The summed E-state index contributed by atoms with van der Waals surface area (Å²) < 4.78 is 5.43. The Kier molecular flexibility index (Phi) is 7.91. The second-order valence-electron chi connectivity index (χ2n) is 8.75. The maximum Gasteiger partial charge on any atom is 0.214 e. The Labute approximate surface area is 223 Å². The lowest BCUT2D eigenvalue weighted by atomic mass is 10.1. The van der Waals surface area contributed by atoms with Crippen molar-refractivity contribution in [2.45, 2.75) is 19.1 Å². The van der Waals surface area contributed by atoms with E-state index in [2.05, 4.69) is 46.7 Å². The van der Waals surface area contributed by atoms with E-state index in [4.69, 9.17) is 9.84 Å². The van der Waals surface area contributed by atoms with Crippen LogP contribution >= 0.6 is 7.26 Å². The standard InChI is InChI=1S/C31H29N4O2P/c1-2-37-31(36)24-30(35-33-29(32-34-35)23-25-15-7-3-8-16-25)38(26-17-9-4-10-18-26,27-19-11-5-12-20-27)28-21-13-6-14-22-28/h3-22,24,30H,2,23H2,1H3/b31-24-. The molecule has 5 rings (SSSR count). The van der Waals surface area contributed by atoms with E-state index in [0.717, 1.165) is 21.5 Å². The van der Waals surface area contributed by atoms with Crippen LogP contribution in [0, 0.1) is 0 Å². The lowest BCUT2D eigenvalue weighted by Crippen LogP contribution is -2.38. The third-order valence-electron chi connectivity index (χ3n) is 6.37. The van der Waals surface area contributed by atoms with Crippen LogP contribution in [0.2, 0.25) is 0 Å². The van der Waals surface area contributed by atoms with Crippen LogP contribution in [0.1, 0.15) is 24.1 Å². The van der Waals surface area contributed by atoms with Crippen molar-refractivity contribution in [3.63, 3.8) is 0 Å². The molecular formula is C31H29N4O2P. The monoisotopic (exact) mass is 520 g/mol. The summed E-state index contributed by atoms with van der Waals surface area (Å²) in [6.45, 7) is 2.08. The lowest BCUT2D eigenvalue weighted by molar-refractivity contribution is -0.357. The van der Waals surface area contributed by atoms with Gasteiger partial charge in [-0.2, -0.15) is 0 Å². The van der Waals surface area contributed by atoms with Crippen LogP contribution in [0.5, 0.6) is 0 Å². The first kappa shape index (κ1) is 25.4. The van der Waals surface area contributed by atoms with Crippen LogP contribution < -0.4 is 21.0 Å². The first-order valence-electron chi connectivity index (χ1n) is 12.6. The molecule has 0 saturated heterocycles. The highest BCUT2D eigenvalue weighted by Crippen LogP contribution is 2.65. The zero-order valence-electron chi connectivity index (χ0n) is 21.2. The van der Waals surface area contributed by atoms with Gasteiger partial charge < -0.3 is 9.84 Å². The highest BCUT2D eigenvalue weighted by molar-refractivity contribution is 7.95. The van der Waals surface area contributed by atoms with Gasteiger partial charge in [0.05, 0.1) is 5.95 Å². The van der Waals surface area contributed by atoms with Crippen molar-refractivity contribution in [2.75, 3.05) is 6.61 Å². The van der Waals surface area contributed by atoms with Crippen molar-refractivity contribution in [1.29, 1.82) is 0 Å². The molecule has 0 aliphatic heterocycles. The van der Waals surface area contributed by atoms with E-state index in [1.807, 2.05) is 84.9 Å². The van der Waals surface area contributed by atoms with Crippen LogP contribution in [0.4, 0.5) is 0 Å². The smallest absolute Gasteiger partial charge is 0.214 e. The normalized spacial score (nSPS) is 12.7. The molecule has 4 aromatic carbocycles. The first-order chi connectivity index (χ1) is 18.7. The maximum atomic E-state index is 13.1. The number of benzene rings is 4. The van der Waals surface area contributed by atoms with Gasteiger partial charge in [-0.1, -0.05) is 91.9 Å². The Balaban J connectivity index is 1.77. The summed E-state index contributed by atoms with van der Waals surface area (Å²) in [5.74, 6) is -0.386. The average molecular weight is 521 g/mol. The Morgan fingerprint density at radius 3 is 1.74 bits per heavy atom. The molecule has 0 aliphatic carbocycles. The van der Waals surface area contributed by atoms with E-state index in [9.17, 15) is 5.11 Å². The van der Waals surface area contributed by atoms with Crippen molar-refractivity contribution in [3.8, 4) is 0 Å². The number of tetrazole rings is 1. The third-order valence-corrected chi connectivity index (χ3v) is 10.9. The van der Waals surface area contributed by atoms with Gasteiger partial charge in [0.2, 0.25) is 5.78 Å². The minimum Gasteiger partial charge on any atom is -0.614 e. The zero-order chi connectivity index (χ0) is 26.2. The third kappa shape index (κ3) is 5.22. The highest BCUT2D eigenvalue weighted by Gasteiger charge is 2.54. The van der Waals surface area contributed by atoms with E-state index >= 15 is 0 Å². The summed E-state index contributed by atoms with van der Waals surface area (Å²) >= 11 is 0. The molecule has 38 heavy (non-hydrogen) atoms. The summed E-state index contributed by atoms with van der Waals surface area (Å²) in [5, 5.41) is 30.2. The quantitative estimate of drug-likeness (QED) is 0.206. The predicted octanol–water partition coefficient (Wildman–Crippen LogP) is 3.99. The van der Waals surface area contributed by atoms with Gasteiger partial charge in [-0.25, -0.2) is 0 Å². The average Bonchev–Trinajstić information content (AvgIpc) is 3.43. The van der Waals surface area contributed by atoms with Gasteiger partial charge in [0.25, 0.3) is 0 Å². The molecule has 0 saturated carbocycles. The number of rotatable bonds is 10. The molecule has 0 bridgehead atoms. The van der Waals surface area contributed by atoms with Crippen LogP contribution in [-0.4, -0.2) is 26.8 Å². The predicted molar refractivity (Wildman–Crippen MR) is 151 cm³/mol. The molecular weight excluding hydrogens is 491 g/mol. The number of ether oxygens (including phenoxy) is 1. The molecule has 0 amide bonds. The van der Waals surface area contributed by atoms with E-state index < -0.39 is 19.0 Å². The van der Waals surface area contributed by atoms with Gasteiger partial charge in [0, 0.05) is 12.5 Å². The van der Waals surface area contributed by atoms with Crippen LogP contribution in [0.25, 0.3) is 0 Å². The summed E-state index contributed by atoms with van der Waals surface area (Å²) in [5.41, 5.74) is 1.09. The Hall–Kier alpha value is -4.28. The second-order valence-corrected chi connectivity index (χ2v) is 12.3. The minimum absolute atomic E-state index is 0.277. The number of aromatic nitrogens is 4. The lowest BCUT2D eigenvalue weighted by Gasteiger charge is -2.33. The Bertz CT molecular complexity index is 1360. The zero-order valence-corrected chi connectivity index (χ0v) is 22.1. The Morgan fingerprint density at radius 1 is 0.789 bits per heavy atom. The van der Waals surface area contributed by atoms with Gasteiger partial charge in [-0.3, -0.25) is 0 Å². The van der Waals surface area contributed by atoms with Crippen LogP contribution in [0.15, 0.2) is 133 Å². The molecule has 190 valence electrons. The molecule has 0 radical (unpaired) electrons. The number of hydrogen-bond donors (Lipinski definition) is 0. The Morgan fingerprint density at radius 2 is 1.26 bits per heavy atom. The fourth-order valence-electron chi connectivity index (χ4n) is 4.76. The van der Waals surface area contributed by atoms with Gasteiger partial charge in [0.15, 0.2) is 5.82 Å². The molecule has 0 fully saturated rings. The van der Waals surface area contributed by atoms with E-state index in [0.29, 0.717) is 12.2 Å². The topological polar surface area (TPSA) is 75.9 Å². The number of nitrogens with zero attached hydrogens (tertiary/aromatic N) is 4. The van der Waals surface area contributed by atoms with E-state index in [1.165, 1.54) is 0 Å². The SMILES string of the molecule is CCO/C([O-])=C\C(n1nnc(Cc2ccccc2)n1)[P+](c1ccccc1)(c1ccccc1)c1ccccc1. The van der Waals surface area contributed by atoms with Crippen molar-refractivity contribution >= 4 is 23.2 Å². The molecule has 1 atom stereocenters. The van der Waals surface area contributed by atoms with Gasteiger partial charge in [0.1, 0.15) is 23.2 Å². The molecule has 0 N–H and O–H groups in total.